The summed E-state index contributed by atoms with van der Waals surface area (Å²) in [5, 5.41) is 6.61. The molecule has 4 nitrogen and oxygen atoms in total. The Hall–Kier alpha value is -2.14. The maximum Gasteiger partial charge on any atom is 0.270 e. The SMILES string of the molecule is CC(C)NC(=O)c1csc(-c2cc3ccccc3[nH]2)n1. The fourth-order valence-electron chi connectivity index (χ4n) is 2.03. The van der Waals surface area contributed by atoms with Gasteiger partial charge in [0.05, 0.1) is 5.69 Å². The molecular formula is C15H15N3OS. The number of para-hydroxylation sites is 1. The van der Waals surface area contributed by atoms with E-state index in [0.29, 0.717) is 5.69 Å². The Morgan fingerprint density at radius 1 is 1.35 bits per heavy atom. The van der Waals surface area contributed by atoms with Crippen LogP contribution in [-0.4, -0.2) is 21.9 Å². The quantitative estimate of drug-likeness (QED) is 0.774. The van der Waals surface area contributed by atoms with Crippen LogP contribution in [0.1, 0.15) is 24.3 Å². The number of hydrogen-bond donors (Lipinski definition) is 2. The molecule has 0 saturated carbocycles. The Labute approximate surface area is 120 Å². The Morgan fingerprint density at radius 2 is 2.15 bits per heavy atom. The first kappa shape index (κ1) is 12.9. The second-order valence-corrected chi connectivity index (χ2v) is 5.79. The molecule has 0 fully saturated rings. The number of benzene rings is 1. The summed E-state index contributed by atoms with van der Waals surface area (Å²) in [4.78, 5) is 19.6. The molecule has 0 aliphatic rings. The highest BCUT2D eigenvalue weighted by molar-refractivity contribution is 7.13. The van der Waals surface area contributed by atoms with E-state index in [2.05, 4.69) is 27.4 Å². The number of thiazole rings is 1. The van der Waals surface area contributed by atoms with Crippen molar-refractivity contribution in [1.29, 1.82) is 0 Å². The molecule has 0 saturated heterocycles. The Morgan fingerprint density at radius 3 is 2.90 bits per heavy atom. The molecule has 3 rings (SSSR count). The van der Waals surface area contributed by atoms with Gasteiger partial charge >= 0.3 is 0 Å². The lowest BCUT2D eigenvalue weighted by atomic mass is 10.2. The number of nitrogens with zero attached hydrogens (tertiary/aromatic N) is 1. The zero-order valence-electron chi connectivity index (χ0n) is 11.3. The minimum absolute atomic E-state index is 0.112. The average Bonchev–Trinajstić information content (AvgIpc) is 3.04. The van der Waals surface area contributed by atoms with E-state index in [4.69, 9.17) is 0 Å². The van der Waals surface area contributed by atoms with Crippen LogP contribution < -0.4 is 5.32 Å². The molecular weight excluding hydrogens is 270 g/mol. The van der Waals surface area contributed by atoms with Crippen LogP contribution in [-0.2, 0) is 0 Å². The first-order valence-corrected chi connectivity index (χ1v) is 7.36. The summed E-state index contributed by atoms with van der Waals surface area (Å²) in [5.74, 6) is -0.126. The smallest absolute Gasteiger partial charge is 0.270 e. The number of rotatable bonds is 3. The third kappa shape index (κ3) is 2.44. The van der Waals surface area contributed by atoms with Crippen LogP contribution in [0.25, 0.3) is 21.6 Å². The van der Waals surface area contributed by atoms with Crippen LogP contribution in [0.4, 0.5) is 0 Å². The number of H-pyrrole nitrogens is 1. The van der Waals surface area contributed by atoms with Crippen molar-refractivity contribution in [2.24, 2.45) is 0 Å². The molecule has 1 aromatic carbocycles. The van der Waals surface area contributed by atoms with Crippen molar-refractivity contribution in [3.05, 3.63) is 41.4 Å². The fourth-order valence-corrected chi connectivity index (χ4v) is 2.80. The highest BCUT2D eigenvalue weighted by Gasteiger charge is 2.13. The maximum absolute atomic E-state index is 11.9. The topological polar surface area (TPSA) is 57.8 Å². The average molecular weight is 285 g/mol. The monoisotopic (exact) mass is 285 g/mol. The zero-order valence-corrected chi connectivity index (χ0v) is 12.1. The third-order valence-electron chi connectivity index (χ3n) is 2.92. The normalized spacial score (nSPS) is 11.2. The summed E-state index contributed by atoms with van der Waals surface area (Å²) >= 11 is 1.47. The first-order chi connectivity index (χ1) is 9.63. The molecule has 2 heterocycles. The zero-order chi connectivity index (χ0) is 14.1. The van der Waals surface area contributed by atoms with Gasteiger partial charge in [-0.2, -0.15) is 0 Å². The lowest BCUT2D eigenvalue weighted by molar-refractivity contribution is 0.0939. The van der Waals surface area contributed by atoms with Crippen molar-refractivity contribution in [2.45, 2.75) is 19.9 Å². The molecule has 0 aliphatic carbocycles. The second-order valence-electron chi connectivity index (χ2n) is 4.94. The van der Waals surface area contributed by atoms with Gasteiger partial charge in [0.15, 0.2) is 0 Å². The van der Waals surface area contributed by atoms with Crippen LogP contribution >= 0.6 is 11.3 Å². The van der Waals surface area contributed by atoms with Gasteiger partial charge in [0.25, 0.3) is 5.91 Å². The lowest BCUT2D eigenvalue weighted by Gasteiger charge is -2.05. The van der Waals surface area contributed by atoms with Gasteiger partial charge in [0, 0.05) is 22.3 Å². The fraction of sp³-hybridized carbons (Fsp3) is 0.200. The molecule has 1 amide bonds. The highest BCUT2D eigenvalue weighted by Crippen LogP contribution is 2.26. The Balaban J connectivity index is 1.91. The van der Waals surface area contributed by atoms with Gasteiger partial charge in [-0.05, 0) is 26.0 Å². The predicted octanol–water partition coefficient (Wildman–Crippen LogP) is 3.43. The molecule has 0 spiro atoms. The van der Waals surface area contributed by atoms with Gasteiger partial charge in [-0.3, -0.25) is 4.79 Å². The number of aromatic nitrogens is 2. The molecule has 0 unspecified atom stereocenters. The minimum Gasteiger partial charge on any atom is -0.353 e. The molecule has 20 heavy (non-hydrogen) atoms. The van der Waals surface area contributed by atoms with Crippen molar-refractivity contribution >= 4 is 28.1 Å². The summed E-state index contributed by atoms with van der Waals surface area (Å²) in [6, 6.07) is 10.2. The molecule has 0 atom stereocenters. The number of hydrogen-bond acceptors (Lipinski definition) is 3. The molecule has 2 N–H and O–H groups in total. The highest BCUT2D eigenvalue weighted by atomic mass is 32.1. The predicted molar refractivity (Wildman–Crippen MR) is 82.0 cm³/mol. The number of aromatic amines is 1. The van der Waals surface area contributed by atoms with Crippen molar-refractivity contribution in [1.82, 2.24) is 15.3 Å². The van der Waals surface area contributed by atoms with E-state index in [1.807, 2.05) is 32.0 Å². The number of nitrogens with one attached hydrogen (secondary N) is 2. The molecule has 5 heteroatoms. The summed E-state index contributed by atoms with van der Waals surface area (Å²) in [6.45, 7) is 3.87. The van der Waals surface area contributed by atoms with E-state index in [1.54, 1.807) is 5.38 Å². The number of carbonyl (C=O) groups is 1. The number of carbonyl (C=O) groups excluding carboxylic acids is 1. The van der Waals surface area contributed by atoms with Crippen LogP contribution in [0.2, 0.25) is 0 Å². The van der Waals surface area contributed by atoms with Gasteiger partial charge in [-0.15, -0.1) is 11.3 Å². The van der Waals surface area contributed by atoms with E-state index in [0.717, 1.165) is 21.6 Å². The van der Waals surface area contributed by atoms with Crippen LogP contribution in [0, 0.1) is 0 Å². The molecule has 3 aromatic rings. The Kier molecular flexibility index (Phi) is 3.28. The van der Waals surface area contributed by atoms with Gasteiger partial charge < -0.3 is 10.3 Å². The first-order valence-electron chi connectivity index (χ1n) is 6.48. The summed E-state index contributed by atoms with van der Waals surface area (Å²) < 4.78 is 0. The molecule has 0 radical (unpaired) electrons. The number of fused-ring (bicyclic) bond motifs is 1. The largest absolute Gasteiger partial charge is 0.353 e. The summed E-state index contributed by atoms with van der Waals surface area (Å²) in [7, 11) is 0. The van der Waals surface area contributed by atoms with E-state index in [1.165, 1.54) is 11.3 Å². The lowest BCUT2D eigenvalue weighted by Crippen LogP contribution is -2.30. The third-order valence-corrected chi connectivity index (χ3v) is 3.79. The van der Waals surface area contributed by atoms with Crippen molar-refractivity contribution < 1.29 is 4.79 Å². The van der Waals surface area contributed by atoms with Gasteiger partial charge in [-0.25, -0.2) is 4.98 Å². The second kappa shape index (κ2) is 5.09. The molecule has 102 valence electrons. The standard InChI is InChI=1S/C15H15N3OS/c1-9(2)16-14(19)13-8-20-15(18-13)12-7-10-5-3-4-6-11(10)17-12/h3-9,17H,1-2H3,(H,16,19). The maximum atomic E-state index is 11.9. The van der Waals surface area contributed by atoms with E-state index in [9.17, 15) is 4.79 Å². The minimum atomic E-state index is -0.126. The number of amides is 1. The van der Waals surface area contributed by atoms with Crippen molar-refractivity contribution in [3.8, 4) is 10.7 Å². The molecule has 2 aromatic heterocycles. The van der Waals surface area contributed by atoms with Crippen molar-refractivity contribution in [2.75, 3.05) is 0 Å². The van der Waals surface area contributed by atoms with Crippen LogP contribution in [0.5, 0.6) is 0 Å². The molecule has 0 bridgehead atoms. The Bertz CT molecular complexity index is 724. The van der Waals surface area contributed by atoms with Crippen LogP contribution in [0.3, 0.4) is 0 Å². The van der Waals surface area contributed by atoms with Crippen LogP contribution in [0.15, 0.2) is 35.7 Å². The van der Waals surface area contributed by atoms with E-state index >= 15 is 0 Å². The van der Waals surface area contributed by atoms with E-state index in [-0.39, 0.29) is 11.9 Å². The van der Waals surface area contributed by atoms with Gasteiger partial charge in [0.1, 0.15) is 10.7 Å². The van der Waals surface area contributed by atoms with Gasteiger partial charge in [-0.1, -0.05) is 18.2 Å². The summed E-state index contributed by atoms with van der Waals surface area (Å²) in [5.41, 5.74) is 2.49. The van der Waals surface area contributed by atoms with E-state index < -0.39 is 0 Å². The van der Waals surface area contributed by atoms with Crippen molar-refractivity contribution in [3.63, 3.8) is 0 Å². The summed E-state index contributed by atoms with van der Waals surface area (Å²) in [6.07, 6.45) is 0. The molecule has 0 aliphatic heterocycles. The van der Waals surface area contributed by atoms with Gasteiger partial charge in [0.2, 0.25) is 0 Å².